The number of hydrogen-bond donors (Lipinski definition) is 6. The van der Waals surface area contributed by atoms with Gasteiger partial charge in [-0.25, -0.2) is 14.4 Å². The first-order valence-corrected chi connectivity index (χ1v) is 10.7. The summed E-state index contributed by atoms with van der Waals surface area (Å²) < 4.78 is 0. The maximum atomic E-state index is 12.4. The van der Waals surface area contributed by atoms with E-state index in [0.29, 0.717) is 17.1 Å². The van der Waals surface area contributed by atoms with Crippen LogP contribution in [0.25, 0.3) is 0 Å². The summed E-state index contributed by atoms with van der Waals surface area (Å²) in [5.41, 5.74) is 1.64. The van der Waals surface area contributed by atoms with Crippen molar-refractivity contribution in [3.63, 3.8) is 0 Å². The summed E-state index contributed by atoms with van der Waals surface area (Å²) in [5, 5.41) is 15.3. The topological polar surface area (TPSA) is 162 Å². The first kappa shape index (κ1) is 23.6. The van der Waals surface area contributed by atoms with Crippen molar-refractivity contribution in [1.82, 2.24) is 15.0 Å². The van der Waals surface area contributed by atoms with Crippen molar-refractivity contribution in [3.05, 3.63) is 91.0 Å². The fourth-order valence-corrected chi connectivity index (χ4v) is 2.90. The highest BCUT2D eigenvalue weighted by atomic mass is 16.2. The Balaban J connectivity index is 1.49. The molecule has 180 valence electrons. The first-order valence-electron chi connectivity index (χ1n) is 10.7. The third-order valence-electron chi connectivity index (χ3n) is 4.41. The van der Waals surface area contributed by atoms with Gasteiger partial charge in [-0.05, 0) is 36.4 Å². The summed E-state index contributed by atoms with van der Waals surface area (Å²) in [6.45, 7) is 0. The van der Waals surface area contributed by atoms with Gasteiger partial charge in [-0.2, -0.15) is 15.0 Å². The second-order valence-electron chi connectivity index (χ2n) is 7.14. The Morgan fingerprint density at radius 1 is 0.389 bits per heavy atom. The number of carbonyl (C=O) groups is 3. The molecule has 36 heavy (non-hydrogen) atoms. The van der Waals surface area contributed by atoms with Gasteiger partial charge in [0.15, 0.2) is 0 Å². The zero-order valence-electron chi connectivity index (χ0n) is 18.7. The molecular weight excluding hydrogens is 462 g/mol. The van der Waals surface area contributed by atoms with Crippen molar-refractivity contribution in [1.29, 1.82) is 0 Å². The Labute approximate surface area is 205 Å². The van der Waals surface area contributed by atoms with E-state index >= 15 is 0 Å². The van der Waals surface area contributed by atoms with E-state index in [1.807, 2.05) is 18.2 Å². The monoisotopic (exact) mass is 483 g/mol. The Kier molecular flexibility index (Phi) is 7.59. The van der Waals surface area contributed by atoms with Gasteiger partial charge in [0.05, 0.1) is 0 Å². The summed E-state index contributed by atoms with van der Waals surface area (Å²) >= 11 is 0. The number of urea groups is 3. The molecule has 0 aliphatic rings. The molecule has 12 heteroatoms. The average molecular weight is 483 g/mol. The van der Waals surface area contributed by atoms with Gasteiger partial charge in [-0.3, -0.25) is 16.0 Å². The number of carbonyl (C=O) groups excluding carboxylic acids is 3. The second-order valence-corrected chi connectivity index (χ2v) is 7.14. The van der Waals surface area contributed by atoms with Gasteiger partial charge < -0.3 is 16.0 Å². The van der Waals surface area contributed by atoms with Crippen LogP contribution in [-0.2, 0) is 0 Å². The maximum absolute atomic E-state index is 12.4. The molecule has 0 atom stereocenters. The van der Waals surface area contributed by atoms with Crippen LogP contribution in [0.2, 0.25) is 0 Å². The lowest BCUT2D eigenvalue weighted by atomic mass is 10.3. The molecule has 4 aromatic rings. The van der Waals surface area contributed by atoms with Crippen molar-refractivity contribution in [2.24, 2.45) is 0 Å². The Bertz CT molecular complexity index is 1160. The molecule has 0 aliphatic heterocycles. The Morgan fingerprint density at radius 3 is 0.889 bits per heavy atom. The standard InChI is InChI=1S/C24H21N9O3/c34-22(25-16-10-4-1-5-11-16)31-19-28-20(32-23(35)26-17-12-6-2-7-13-17)30-21(29-19)33-24(36)27-18-14-8-3-9-15-18/h1-15H,(H6,25,26,27,28,29,30,31,32,33,34,35,36). The summed E-state index contributed by atoms with van der Waals surface area (Å²) in [7, 11) is 0. The van der Waals surface area contributed by atoms with E-state index in [-0.39, 0.29) is 17.8 Å². The van der Waals surface area contributed by atoms with Crippen LogP contribution >= 0.6 is 0 Å². The minimum absolute atomic E-state index is 0.205. The molecule has 0 saturated carbocycles. The maximum Gasteiger partial charge on any atom is 0.326 e. The molecule has 1 heterocycles. The van der Waals surface area contributed by atoms with E-state index in [4.69, 9.17) is 0 Å². The lowest BCUT2D eigenvalue weighted by Gasteiger charge is -2.11. The van der Waals surface area contributed by atoms with Crippen molar-refractivity contribution in [3.8, 4) is 0 Å². The van der Waals surface area contributed by atoms with E-state index in [1.54, 1.807) is 72.8 Å². The van der Waals surface area contributed by atoms with Crippen LogP contribution in [0.4, 0.5) is 49.3 Å². The fourth-order valence-electron chi connectivity index (χ4n) is 2.90. The molecule has 1 aromatic heterocycles. The van der Waals surface area contributed by atoms with Gasteiger partial charge in [0, 0.05) is 17.1 Å². The molecule has 6 amide bonds. The molecule has 3 aromatic carbocycles. The van der Waals surface area contributed by atoms with E-state index in [9.17, 15) is 14.4 Å². The van der Waals surface area contributed by atoms with Crippen LogP contribution in [0, 0.1) is 0 Å². The van der Waals surface area contributed by atoms with Gasteiger partial charge in [0.2, 0.25) is 17.8 Å². The summed E-state index contributed by atoms with van der Waals surface area (Å²) in [6, 6.07) is 24.3. The molecular formula is C24H21N9O3. The number of anilines is 6. The first-order chi connectivity index (χ1) is 17.5. The number of nitrogens with zero attached hydrogens (tertiary/aromatic N) is 3. The van der Waals surface area contributed by atoms with Crippen LogP contribution in [0.1, 0.15) is 0 Å². The van der Waals surface area contributed by atoms with Crippen molar-refractivity contribution < 1.29 is 14.4 Å². The second kappa shape index (κ2) is 11.6. The fraction of sp³-hybridized carbons (Fsp3) is 0. The zero-order chi connectivity index (χ0) is 25.2. The molecule has 6 N–H and O–H groups in total. The molecule has 0 aliphatic carbocycles. The lowest BCUT2D eigenvalue weighted by molar-refractivity contribution is 0.261. The van der Waals surface area contributed by atoms with Crippen LogP contribution in [0.3, 0.4) is 0 Å². The van der Waals surface area contributed by atoms with E-state index in [2.05, 4.69) is 46.9 Å². The number of amides is 6. The molecule has 0 unspecified atom stereocenters. The SMILES string of the molecule is O=C(Nc1ccccc1)Nc1nc(NC(=O)Nc2ccccc2)nc(NC(=O)Nc2ccccc2)n1. The van der Waals surface area contributed by atoms with E-state index in [0.717, 1.165) is 0 Å². The molecule has 0 saturated heterocycles. The van der Waals surface area contributed by atoms with Gasteiger partial charge in [0.25, 0.3) is 0 Å². The molecule has 12 nitrogen and oxygen atoms in total. The van der Waals surface area contributed by atoms with Crippen LogP contribution < -0.4 is 31.9 Å². The van der Waals surface area contributed by atoms with E-state index < -0.39 is 18.1 Å². The Morgan fingerprint density at radius 2 is 0.639 bits per heavy atom. The average Bonchev–Trinajstić information content (AvgIpc) is 2.85. The zero-order valence-corrected chi connectivity index (χ0v) is 18.7. The van der Waals surface area contributed by atoms with Crippen LogP contribution in [0.15, 0.2) is 91.0 Å². The number of hydrogen-bond acceptors (Lipinski definition) is 6. The quantitative estimate of drug-likeness (QED) is 0.231. The number of para-hydroxylation sites is 3. The molecule has 0 radical (unpaired) electrons. The summed E-state index contributed by atoms with van der Waals surface area (Å²) in [6.07, 6.45) is 0. The number of nitrogens with one attached hydrogen (secondary N) is 6. The molecule has 0 spiro atoms. The third-order valence-corrected chi connectivity index (χ3v) is 4.41. The van der Waals surface area contributed by atoms with Crippen LogP contribution in [0.5, 0.6) is 0 Å². The normalized spacial score (nSPS) is 10.0. The van der Waals surface area contributed by atoms with Gasteiger partial charge in [0.1, 0.15) is 0 Å². The third kappa shape index (κ3) is 7.25. The number of aromatic nitrogens is 3. The molecule has 0 fully saturated rings. The van der Waals surface area contributed by atoms with Crippen LogP contribution in [-0.4, -0.2) is 33.0 Å². The predicted molar refractivity (Wildman–Crippen MR) is 137 cm³/mol. The largest absolute Gasteiger partial charge is 0.326 e. The van der Waals surface area contributed by atoms with Crippen molar-refractivity contribution in [2.75, 3.05) is 31.9 Å². The van der Waals surface area contributed by atoms with Gasteiger partial charge >= 0.3 is 18.1 Å². The predicted octanol–water partition coefficient (Wildman–Crippen LogP) is 4.80. The lowest BCUT2D eigenvalue weighted by Crippen LogP contribution is -2.26. The van der Waals surface area contributed by atoms with Crippen molar-refractivity contribution in [2.45, 2.75) is 0 Å². The molecule has 4 rings (SSSR count). The van der Waals surface area contributed by atoms with Gasteiger partial charge in [-0.1, -0.05) is 54.6 Å². The minimum Gasteiger partial charge on any atom is -0.308 e. The van der Waals surface area contributed by atoms with Crippen molar-refractivity contribution >= 4 is 53.0 Å². The molecule has 0 bridgehead atoms. The number of benzene rings is 3. The number of rotatable bonds is 6. The Hall–Kier alpha value is -5.52. The summed E-state index contributed by atoms with van der Waals surface area (Å²) in [4.78, 5) is 49.4. The summed E-state index contributed by atoms with van der Waals surface area (Å²) in [5.74, 6) is -0.615. The highest BCUT2D eigenvalue weighted by Gasteiger charge is 2.14. The highest BCUT2D eigenvalue weighted by Crippen LogP contribution is 2.13. The minimum atomic E-state index is -0.633. The smallest absolute Gasteiger partial charge is 0.308 e. The van der Waals surface area contributed by atoms with E-state index in [1.165, 1.54) is 0 Å². The highest BCUT2D eigenvalue weighted by molar-refractivity contribution is 6.01. The van der Waals surface area contributed by atoms with Gasteiger partial charge in [-0.15, -0.1) is 0 Å².